The molecule has 10 heteroatoms. The number of hydrogen-bond donors (Lipinski definition) is 0. The minimum atomic E-state index is -2.72. The first kappa shape index (κ1) is 24.9. The minimum Gasteiger partial charge on any atom is -0.488 e. The average molecular weight is 511 g/mol. The second-order valence-electron chi connectivity index (χ2n) is 9.42. The van der Waals surface area contributed by atoms with Crippen molar-refractivity contribution < 1.29 is 27.8 Å². The molecule has 1 aromatic carbocycles. The van der Waals surface area contributed by atoms with Crippen LogP contribution in [0.3, 0.4) is 0 Å². The monoisotopic (exact) mass is 510 g/mol. The molecule has 0 radical (unpaired) electrons. The lowest BCUT2D eigenvalue weighted by Gasteiger charge is -2.21. The fourth-order valence-corrected chi connectivity index (χ4v) is 5.12. The smallest absolute Gasteiger partial charge is 0.269 e. The average Bonchev–Trinajstić information content (AvgIpc) is 3.58. The summed E-state index contributed by atoms with van der Waals surface area (Å²) in [5, 5.41) is 0.744. The lowest BCUT2D eigenvalue weighted by atomic mass is 10.0. The van der Waals surface area contributed by atoms with E-state index in [-0.39, 0.29) is 35.3 Å². The minimum absolute atomic E-state index is 0.000976. The Kier molecular flexibility index (Phi) is 6.90. The maximum absolute atomic E-state index is 13.6. The van der Waals surface area contributed by atoms with Crippen molar-refractivity contribution >= 4 is 22.7 Å². The van der Waals surface area contributed by atoms with E-state index in [4.69, 9.17) is 9.47 Å². The van der Waals surface area contributed by atoms with Crippen molar-refractivity contribution in [2.24, 2.45) is 5.92 Å². The molecule has 2 aromatic heterocycles. The number of halogens is 2. The molecule has 2 fully saturated rings. The lowest BCUT2D eigenvalue weighted by molar-refractivity contribution is -0.134. The number of alkyl halides is 2. The van der Waals surface area contributed by atoms with E-state index >= 15 is 0 Å². The van der Waals surface area contributed by atoms with Gasteiger partial charge in [0.2, 0.25) is 17.7 Å². The van der Waals surface area contributed by atoms with E-state index in [1.807, 2.05) is 23.1 Å². The summed E-state index contributed by atoms with van der Waals surface area (Å²) in [6.07, 6.45) is 1.63. The summed E-state index contributed by atoms with van der Waals surface area (Å²) in [4.78, 5) is 36.6. The maximum atomic E-state index is 13.6. The summed E-state index contributed by atoms with van der Waals surface area (Å²) in [5.41, 5.74) is 1.64. The molecule has 0 bridgehead atoms. The highest BCUT2D eigenvalue weighted by molar-refractivity contribution is 5.95. The number of likely N-dealkylation sites (tertiary alicyclic amines) is 2. The fraction of sp³-hybridized carbons (Fsp3) is 0.407. The fourth-order valence-electron chi connectivity index (χ4n) is 5.12. The Morgan fingerprint density at radius 3 is 2.59 bits per heavy atom. The third kappa shape index (κ3) is 5.05. The lowest BCUT2D eigenvalue weighted by Crippen LogP contribution is -2.37. The second-order valence-corrected chi connectivity index (χ2v) is 9.42. The summed E-state index contributed by atoms with van der Waals surface area (Å²) in [6, 6.07) is 8.63. The van der Waals surface area contributed by atoms with E-state index in [2.05, 4.69) is 9.97 Å². The van der Waals surface area contributed by atoms with Crippen LogP contribution in [0.5, 0.6) is 11.6 Å². The van der Waals surface area contributed by atoms with Crippen molar-refractivity contribution in [1.82, 2.24) is 19.8 Å². The van der Waals surface area contributed by atoms with Gasteiger partial charge in [-0.25, -0.2) is 13.8 Å². The summed E-state index contributed by atoms with van der Waals surface area (Å²) < 4.78 is 38.3. The van der Waals surface area contributed by atoms with E-state index in [1.165, 1.54) is 26.3 Å². The first-order chi connectivity index (χ1) is 17.8. The van der Waals surface area contributed by atoms with E-state index < -0.39 is 6.43 Å². The number of hydrogen-bond acceptors (Lipinski definition) is 6. The van der Waals surface area contributed by atoms with Gasteiger partial charge in [0.1, 0.15) is 11.9 Å². The molecule has 2 atom stereocenters. The number of pyridine rings is 2. The van der Waals surface area contributed by atoms with Crippen molar-refractivity contribution in [3.63, 3.8) is 0 Å². The van der Waals surface area contributed by atoms with Crippen LogP contribution in [0.15, 0.2) is 42.7 Å². The molecule has 2 aliphatic heterocycles. The third-order valence-corrected chi connectivity index (χ3v) is 7.07. The molecule has 2 amide bonds. The number of carbonyl (C=O) groups excluding carboxylic acids is 2. The van der Waals surface area contributed by atoms with Crippen LogP contribution in [0.4, 0.5) is 8.78 Å². The van der Waals surface area contributed by atoms with Gasteiger partial charge in [0.25, 0.3) is 6.43 Å². The Bertz CT molecular complexity index is 1340. The number of methoxy groups -OCH3 is 1. The Morgan fingerprint density at radius 2 is 1.86 bits per heavy atom. The van der Waals surface area contributed by atoms with E-state index in [0.717, 1.165) is 5.39 Å². The molecular formula is C27H28F2N4O4. The number of fused-ring (bicyclic) bond motifs is 1. The van der Waals surface area contributed by atoms with Crippen LogP contribution >= 0.6 is 0 Å². The van der Waals surface area contributed by atoms with Crippen LogP contribution in [0, 0.1) is 5.92 Å². The van der Waals surface area contributed by atoms with Crippen LogP contribution in [0.1, 0.15) is 31.8 Å². The molecule has 4 heterocycles. The molecule has 0 aliphatic carbocycles. The number of ether oxygens (including phenoxy) is 2. The number of carbonyl (C=O) groups is 2. The molecule has 2 saturated heterocycles. The van der Waals surface area contributed by atoms with Gasteiger partial charge in [-0.15, -0.1) is 0 Å². The van der Waals surface area contributed by atoms with Gasteiger partial charge in [-0.1, -0.05) is 0 Å². The molecule has 5 rings (SSSR count). The number of nitrogens with zero attached hydrogens (tertiary/aromatic N) is 4. The molecular weight excluding hydrogens is 482 g/mol. The highest BCUT2D eigenvalue weighted by Gasteiger charge is 2.36. The van der Waals surface area contributed by atoms with Gasteiger partial charge in [-0.2, -0.15) is 0 Å². The molecule has 8 nitrogen and oxygen atoms in total. The summed E-state index contributed by atoms with van der Waals surface area (Å²) >= 11 is 0. The molecule has 2 aliphatic rings. The normalized spacial score (nSPS) is 19.6. The summed E-state index contributed by atoms with van der Waals surface area (Å²) in [6.45, 7) is 3.71. The van der Waals surface area contributed by atoms with Gasteiger partial charge in [0.05, 0.1) is 30.7 Å². The van der Waals surface area contributed by atoms with Crippen LogP contribution < -0.4 is 9.47 Å². The Labute approximate surface area is 213 Å². The first-order valence-electron chi connectivity index (χ1n) is 12.3. The highest BCUT2D eigenvalue weighted by Crippen LogP contribution is 2.35. The van der Waals surface area contributed by atoms with Crippen molar-refractivity contribution in [2.75, 3.05) is 33.3 Å². The molecule has 0 unspecified atom stereocenters. The molecule has 0 saturated carbocycles. The first-order valence-corrected chi connectivity index (χ1v) is 12.3. The van der Waals surface area contributed by atoms with Crippen molar-refractivity contribution in [1.29, 1.82) is 0 Å². The number of amides is 2. The van der Waals surface area contributed by atoms with Crippen molar-refractivity contribution in [3.05, 3.63) is 48.3 Å². The van der Waals surface area contributed by atoms with Gasteiger partial charge in [-0.3, -0.25) is 14.6 Å². The van der Waals surface area contributed by atoms with Crippen molar-refractivity contribution in [3.8, 4) is 22.8 Å². The molecule has 194 valence electrons. The van der Waals surface area contributed by atoms with Gasteiger partial charge >= 0.3 is 0 Å². The van der Waals surface area contributed by atoms with Crippen molar-refractivity contribution in [2.45, 2.75) is 32.3 Å². The quantitative estimate of drug-likeness (QED) is 0.497. The summed E-state index contributed by atoms with van der Waals surface area (Å²) in [5.74, 6) is 0.419. The molecule has 3 aromatic rings. The molecule has 37 heavy (non-hydrogen) atoms. The predicted molar refractivity (Wildman–Crippen MR) is 132 cm³/mol. The zero-order valence-corrected chi connectivity index (χ0v) is 20.7. The van der Waals surface area contributed by atoms with Crippen LogP contribution in [0.25, 0.3) is 22.0 Å². The van der Waals surface area contributed by atoms with Crippen LogP contribution in [-0.2, 0) is 9.59 Å². The maximum Gasteiger partial charge on any atom is 0.269 e. The Morgan fingerprint density at radius 1 is 1.05 bits per heavy atom. The SMILES string of the molecule is COc1ncc(-c2ccnc3ccc(O[C@H]4CCN(C(=O)[C@@H]5CCN(C(C)=O)C5)C4)cc23)cc1C(F)F. The second kappa shape index (κ2) is 10.3. The zero-order valence-electron chi connectivity index (χ0n) is 20.7. The molecule has 0 N–H and O–H groups in total. The van der Waals surface area contributed by atoms with Crippen LogP contribution in [-0.4, -0.2) is 71.0 Å². The topological polar surface area (TPSA) is 84.9 Å². The van der Waals surface area contributed by atoms with Gasteiger partial charge in [0, 0.05) is 56.3 Å². The third-order valence-electron chi connectivity index (χ3n) is 7.07. The summed E-state index contributed by atoms with van der Waals surface area (Å²) in [7, 11) is 1.31. The van der Waals surface area contributed by atoms with Gasteiger partial charge in [-0.05, 0) is 42.3 Å². The van der Waals surface area contributed by atoms with Gasteiger partial charge in [0.15, 0.2) is 0 Å². The zero-order chi connectivity index (χ0) is 26.1. The molecule has 0 spiro atoms. The number of rotatable bonds is 6. The van der Waals surface area contributed by atoms with Crippen LogP contribution in [0.2, 0.25) is 0 Å². The van der Waals surface area contributed by atoms with E-state index in [0.29, 0.717) is 61.4 Å². The van der Waals surface area contributed by atoms with Gasteiger partial charge < -0.3 is 19.3 Å². The standard InChI is InChI=1S/C27H28F2N4O4/c1-16(34)32-9-6-17(14-32)27(35)33-10-7-20(15-33)37-19-3-4-24-22(12-19)21(5-8-30-24)18-11-23(25(28)29)26(36-2)31-13-18/h3-5,8,11-13,17,20,25H,6-7,9-10,14-15H2,1-2H3/t17-,20+/m1/s1. The van der Waals surface area contributed by atoms with E-state index in [1.54, 1.807) is 17.2 Å². The Hall–Kier alpha value is -3.82. The van der Waals surface area contributed by atoms with E-state index in [9.17, 15) is 18.4 Å². The number of benzene rings is 1. The predicted octanol–water partition coefficient (Wildman–Crippen LogP) is 4.09. The number of aromatic nitrogens is 2. The highest BCUT2D eigenvalue weighted by atomic mass is 19.3. The Balaban J connectivity index is 1.33. The largest absolute Gasteiger partial charge is 0.488 e.